The second-order valence-corrected chi connectivity index (χ2v) is 18.7. The van der Waals surface area contributed by atoms with Crippen molar-refractivity contribution in [1.29, 1.82) is 0 Å². The molecule has 40 heavy (non-hydrogen) atoms. The van der Waals surface area contributed by atoms with Gasteiger partial charge in [-0.1, -0.05) is 45.0 Å². The first-order valence-electron chi connectivity index (χ1n) is 13.7. The van der Waals surface area contributed by atoms with E-state index in [0.29, 0.717) is 10.7 Å². The fourth-order valence-electron chi connectivity index (χ4n) is 5.47. The van der Waals surface area contributed by atoms with E-state index in [4.69, 9.17) is 21.4 Å². The van der Waals surface area contributed by atoms with Crippen LogP contribution in [0, 0.1) is 22.0 Å². The van der Waals surface area contributed by atoms with Crippen LogP contribution in [0.2, 0.25) is 18.1 Å². The van der Waals surface area contributed by atoms with Crippen molar-refractivity contribution >= 4 is 48.9 Å². The molecule has 2 aromatic rings. The maximum Gasteiger partial charge on any atom is 0.269 e. The standard InChI is InChI=1S/C30H36N2O5S2Si/c1-18(37-40(5,6)30(2,3)4)24-27(33)31-25(29(38)36-17-19-11-13-23(14-12-19)32(34)35)26(39-28(24)31)22-15-20-9-7-8-10-21(20)16-22/h7-14,18,22,24,28H,15-17H2,1-6H3/t18-,24+,28+/m0/s1. The lowest BCUT2D eigenvalue weighted by atomic mass is 9.91. The Bertz CT molecular complexity index is 1360. The summed E-state index contributed by atoms with van der Waals surface area (Å²) in [4.78, 5) is 27.2. The molecule has 1 amide bonds. The van der Waals surface area contributed by atoms with Crippen LogP contribution in [-0.2, 0) is 33.4 Å². The van der Waals surface area contributed by atoms with Crippen molar-refractivity contribution < 1.29 is 18.9 Å². The molecule has 0 unspecified atom stereocenters. The van der Waals surface area contributed by atoms with Crippen LogP contribution in [0.25, 0.3) is 0 Å². The summed E-state index contributed by atoms with van der Waals surface area (Å²) in [5, 5.41) is 11.3. The van der Waals surface area contributed by atoms with Crippen molar-refractivity contribution in [3.05, 3.63) is 85.9 Å². The number of non-ortho nitro benzene ring substituents is 1. The molecule has 0 bridgehead atoms. The minimum absolute atomic E-state index is 0.0263. The van der Waals surface area contributed by atoms with Crippen LogP contribution in [0.15, 0.2) is 59.1 Å². The second-order valence-electron chi connectivity index (χ2n) is 12.4. The summed E-state index contributed by atoms with van der Waals surface area (Å²) < 4.78 is 12.7. The number of ether oxygens (including phenoxy) is 1. The summed E-state index contributed by atoms with van der Waals surface area (Å²) >= 11 is 7.56. The van der Waals surface area contributed by atoms with E-state index >= 15 is 0 Å². The predicted molar refractivity (Wildman–Crippen MR) is 164 cm³/mol. The number of hydrogen-bond acceptors (Lipinski definition) is 7. The maximum absolute atomic E-state index is 13.7. The van der Waals surface area contributed by atoms with Gasteiger partial charge in [0.15, 0.2) is 8.32 Å². The number of thioether (sulfide) groups is 1. The zero-order chi connectivity index (χ0) is 29.0. The van der Waals surface area contributed by atoms with Crippen LogP contribution in [0.5, 0.6) is 0 Å². The fraction of sp³-hybridized carbons (Fsp3) is 0.467. The molecule has 3 atom stereocenters. The smallest absolute Gasteiger partial charge is 0.269 e. The summed E-state index contributed by atoms with van der Waals surface area (Å²) in [6.45, 7) is 13.3. The molecule has 1 aliphatic carbocycles. The van der Waals surface area contributed by atoms with E-state index in [1.807, 2.05) is 11.8 Å². The van der Waals surface area contributed by atoms with Gasteiger partial charge in [-0.2, -0.15) is 0 Å². The number of β-lactam (4-membered cyclic amide) rings is 1. The first-order valence-corrected chi connectivity index (χ1v) is 17.9. The average molecular weight is 597 g/mol. The summed E-state index contributed by atoms with van der Waals surface area (Å²) in [6, 6.07) is 14.7. The fourth-order valence-corrected chi connectivity index (χ4v) is 8.95. The Morgan fingerprint density at radius 3 is 2.30 bits per heavy atom. The van der Waals surface area contributed by atoms with Gasteiger partial charge in [0.25, 0.3) is 5.69 Å². The minimum Gasteiger partial charge on any atom is -0.477 e. The van der Waals surface area contributed by atoms with E-state index in [-0.39, 0.29) is 46.6 Å². The van der Waals surface area contributed by atoms with Gasteiger partial charge in [-0.15, -0.1) is 11.8 Å². The van der Waals surface area contributed by atoms with Gasteiger partial charge in [0, 0.05) is 23.0 Å². The number of hydrogen-bond donors (Lipinski definition) is 0. The van der Waals surface area contributed by atoms with E-state index in [9.17, 15) is 14.9 Å². The van der Waals surface area contributed by atoms with E-state index in [0.717, 1.165) is 23.3 Å². The van der Waals surface area contributed by atoms with Crippen molar-refractivity contribution in [3.63, 3.8) is 0 Å². The number of carbonyl (C=O) groups is 1. The largest absolute Gasteiger partial charge is 0.477 e. The molecule has 10 heteroatoms. The highest BCUT2D eigenvalue weighted by atomic mass is 32.2. The summed E-state index contributed by atoms with van der Waals surface area (Å²) in [5.41, 5.74) is 4.19. The summed E-state index contributed by atoms with van der Waals surface area (Å²) in [6.07, 6.45) is 1.61. The second kappa shape index (κ2) is 10.7. The molecule has 0 N–H and O–H groups in total. The lowest BCUT2D eigenvalue weighted by molar-refractivity contribution is -0.384. The average Bonchev–Trinajstić information content (AvgIpc) is 3.46. The number of rotatable bonds is 8. The number of nitro benzene ring substituents is 1. The molecule has 0 saturated carbocycles. The first-order chi connectivity index (χ1) is 18.8. The predicted octanol–water partition coefficient (Wildman–Crippen LogP) is 7.01. The van der Waals surface area contributed by atoms with E-state index in [1.165, 1.54) is 23.3 Å². The molecule has 5 rings (SSSR count). The van der Waals surface area contributed by atoms with Gasteiger partial charge in [0.2, 0.25) is 11.0 Å². The van der Waals surface area contributed by atoms with Gasteiger partial charge in [-0.3, -0.25) is 19.8 Å². The number of carbonyl (C=O) groups excluding carboxylic acids is 1. The number of benzene rings is 2. The highest BCUT2D eigenvalue weighted by Gasteiger charge is 2.59. The first kappa shape index (κ1) is 29.0. The van der Waals surface area contributed by atoms with Gasteiger partial charge < -0.3 is 9.16 Å². The Balaban J connectivity index is 1.38. The highest BCUT2D eigenvalue weighted by Crippen LogP contribution is 2.55. The van der Waals surface area contributed by atoms with Gasteiger partial charge in [-0.25, -0.2) is 0 Å². The summed E-state index contributed by atoms with van der Waals surface area (Å²) in [5.74, 6) is 0.0207. The van der Waals surface area contributed by atoms with Gasteiger partial charge in [0.1, 0.15) is 17.7 Å². The zero-order valence-corrected chi connectivity index (χ0v) is 26.4. The highest BCUT2D eigenvalue weighted by molar-refractivity contribution is 8.04. The molecule has 0 radical (unpaired) electrons. The van der Waals surface area contributed by atoms with Crippen LogP contribution in [0.3, 0.4) is 0 Å². The van der Waals surface area contributed by atoms with Gasteiger partial charge >= 0.3 is 0 Å². The molecular weight excluding hydrogens is 561 g/mol. The van der Waals surface area contributed by atoms with Crippen molar-refractivity contribution in [2.45, 2.75) is 76.8 Å². The SMILES string of the molecule is C[C@H](O[Si](C)(C)C(C)(C)C)[C@@H]1C(=O)N2C(C(=S)OCc3ccc([N+](=O)[O-])cc3)=C(C3Cc4ccccc4C3)S[C@H]12. The molecule has 2 aromatic carbocycles. The lowest BCUT2D eigenvalue weighted by Crippen LogP contribution is -2.62. The Hall–Kier alpha value is -2.53. The number of nitro groups is 1. The molecule has 1 fully saturated rings. The van der Waals surface area contributed by atoms with Crippen LogP contribution in [0.4, 0.5) is 5.69 Å². The lowest BCUT2D eigenvalue weighted by Gasteiger charge is -2.48. The third-order valence-corrected chi connectivity index (χ3v) is 15.1. The van der Waals surface area contributed by atoms with Gasteiger partial charge in [0.05, 0.1) is 16.9 Å². The summed E-state index contributed by atoms with van der Waals surface area (Å²) in [7, 11) is -2.06. The van der Waals surface area contributed by atoms with Crippen molar-refractivity contribution in [3.8, 4) is 0 Å². The number of fused-ring (bicyclic) bond motifs is 2. The Kier molecular flexibility index (Phi) is 7.75. The molecule has 212 valence electrons. The number of allylic oxidation sites excluding steroid dienone is 1. The van der Waals surface area contributed by atoms with Crippen molar-refractivity contribution in [1.82, 2.24) is 4.90 Å². The van der Waals surface area contributed by atoms with E-state index in [2.05, 4.69) is 58.1 Å². The zero-order valence-electron chi connectivity index (χ0n) is 23.8. The van der Waals surface area contributed by atoms with Crippen LogP contribution in [0.1, 0.15) is 44.4 Å². The number of thiocarbonyl (C=S) groups is 1. The topological polar surface area (TPSA) is 81.9 Å². The molecule has 2 heterocycles. The van der Waals surface area contributed by atoms with Crippen LogP contribution in [-0.4, -0.2) is 40.6 Å². The molecular formula is C30H36N2O5S2Si. The molecule has 0 aromatic heterocycles. The monoisotopic (exact) mass is 596 g/mol. The quantitative estimate of drug-likeness (QED) is 0.107. The normalized spacial score (nSPS) is 21.6. The molecule has 1 saturated heterocycles. The Labute approximate surface area is 246 Å². The molecule has 2 aliphatic heterocycles. The molecule has 7 nitrogen and oxygen atoms in total. The van der Waals surface area contributed by atoms with Crippen LogP contribution < -0.4 is 0 Å². The minimum atomic E-state index is -2.06. The Morgan fingerprint density at radius 1 is 1.15 bits per heavy atom. The molecule has 3 aliphatic rings. The molecule has 0 spiro atoms. The van der Waals surface area contributed by atoms with Crippen LogP contribution >= 0.6 is 24.0 Å². The Morgan fingerprint density at radius 2 is 1.75 bits per heavy atom. The van der Waals surface area contributed by atoms with Crippen molar-refractivity contribution in [2.24, 2.45) is 11.8 Å². The van der Waals surface area contributed by atoms with E-state index < -0.39 is 13.2 Å². The van der Waals surface area contributed by atoms with Crippen molar-refractivity contribution in [2.75, 3.05) is 0 Å². The van der Waals surface area contributed by atoms with Gasteiger partial charge in [-0.05, 0) is 78.9 Å². The van der Waals surface area contributed by atoms with E-state index in [1.54, 1.807) is 23.9 Å². The third kappa shape index (κ3) is 5.26. The number of nitrogens with zero attached hydrogens (tertiary/aromatic N) is 2. The number of amides is 1. The third-order valence-electron chi connectivity index (χ3n) is 8.73. The maximum atomic E-state index is 13.7.